The molecule has 0 aliphatic rings. The smallest absolute Gasteiger partial charge is 0.857 e. The standard InChI is InChI=1S/C16H10N4O6S.Ba.3H2O/c21-13-9-3-1-7(5-11(9)15(23)19-17-13)27(25,26)8-2-4-10-12(6-8)16(24)20-18-14(10)22;;;;/h1-6H,(H,17,21)(H,18,22)(H,19,23)(H,20,24);;3*1H2/q;+2;;;/p-2. The van der Waals surface area contributed by atoms with Crippen molar-refractivity contribution in [3.05, 3.63) is 57.1 Å². The van der Waals surface area contributed by atoms with Crippen molar-refractivity contribution in [3.63, 3.8) is 0 Å². The van der Waals surface area contributed by atoms with E-state index >= 15 is 0 Å². The molecule has 0 aliphatic carbocycles. The fraction of sp³-hybridized carbons (Fsp3) is 0. The molecule has 2 aromatic carbocycles. The van der Waals surface area contributed by atoms with Crippen LogP contribution in [0.25, 0.3) is 21.5 Å². The van der Waals surface area contributed by atoms with Crippen LogP contribution in [0.3, 0.4) is 0 Å². The van der Waals surface area contributed by atoms with Gasteiger partial charge in [0.2, 0.25) is 9.84 Å². The molecule has 2 heterocycles. The van der Waals surface area contributed by atoms with E-state index in [9.17, 15) is 28.2 Å². The first kappa shape index (κ1) is 28.7. The third-order valence-corrected chi connectivity index (χ3v) is 5.82. The first-order valence-electron chi connectivity index (χ1n) is 7.43. The molecular formula is C16H14BaN4O9S. The van der Waals surface area contributed by atoms with Crippen molar-refractivity contribution in [2.45, 2.75) is 9.79 Å². The Bertz CT molecular complexity index is 1360. The van der Waals surface area contributed by atoms with Gasteiger partial charge in [-0.15, -0.1) is 0 Å². The average molecular weight is 576 g/mol. The first-order chi connectivity index (χ1) is 12.8. The Morgan fingerprint density at radius 1 is 0.677 bits per heavy atom. The maximum absolute atomic E-state index is 12.9. The number of fused-ring (bicyclic) bond motifs is 2. The van der Waals surface area contributed by atoms with Crippen LogP contribution in [0, 0.1) is 0 Å². The molecule has 0 spiro atoms. The first-order valence-corrected chi connectivity index (χ1v) is 8.91. The zero-order valence-corrected chi connectivity index (χ0v) is 20.7. The topological polar surface area (TPSA) is 266 Å². The number of aromatic nitrogens is 4. The Labute approximate surface area is 212 Å². The molecule has 15 heteroatoms. The second-order valence-electron chi connectivity index (χ2n) is 5.63. The Kier molecular flexibility index (Phi) is 9.59. The van der Waals surface area contributed by atoms with Crippen LogP contribution in [0.5, 0.6) is 11.8 Å². The van der Waals surface area contributed by atoms with E-state index in [4.69, 9.17) is 0 Å². The van der Waals surface area contributed by atoms with Crippen molar-refractivity contribution in [2.75, 3.05) is 0 Å². The van der Waals surface area contributed by atoms with Gasteiger partial charge in [0.25, 0.3) is 11.1 Å². The van der Waals surface area contributed by atoms with Crippen LogP contribution in [0.15, 0.2) is 55.8 Å². The fourth-order valence-corrected chi connectivity index (χ4v) is 4.02. The van der Waals surface area contributed by atoms with Crippen LogP contribution in [-0.4, -0.2) is 94.1 Å². The van der Waals surface area contributed by atoms with Crippen LogP contribution in [0.2, 0.25) is 0 Å². The summed E-state index contributed by atoms with van der Waals surface area (Å²) in [6.45, 7) is 0. The van der Waals surface area contributed by atoms with Crippen molar-refractivity contribution in [3.8, 4) is 11.8 Å². The summed E-state index contributed by atoms with van der Waals surface area (Å²) >= 11 is 0. The second kappa shape index (κ2) is 10.4. The number of nitrogens with one attached hydrogen (secondary N) is 2. The fourth-order valence-electron chi connectivity index (χ4n) is 2.71. The van der Waals surface area contributed by atoms with E-state index in [0.29, 0.717) is 0 Å². The molecule has 0 bridgehead atoms. The summed E-state index contributed by atoms with van der Waals surface area (Å²) in [4.78, 5) is 22.9. The zero-order valence-electron chi connectivity index (χ0n) is 15.4. The van der Waals surface area contributed by atoms with E-state index in [1.54, 1.807) is 0 Å². The maximum Gasteiger partial charge on any atom is 2.00 e. The van der Waals surface area contributed by atoms with E-state index in [0.717, 1.165) is 12.1 Å². The van der Waals surface area contributed by atoms with Gasteiger partial charge in [0.1, 0.15) is 0 Å². The third-order valence-electron chi connectivity index (χ3n) is 4.07. The SMILES string of the molecule is O.O.O.O=c1[nH]nc([O-])c2cc(S(=O)(=O)c3ccc4c(=O)[nH]nc([O-])c4c3)ccc12.[Ba+2]. The van der Waals surface area contributed by atoms with E-state index in [1.165, 1.54) is 24.3 Å². The van der Waals surface area contributed by atoms with Gasteiger partial charge in [0.05, 0.1) is 9.79 Å². The predicted octanol–water partition coefficient (Wildman–Crippen LogP) is -3.72. The van der Waals surface area contributed by atoms with Crippen LogP contribution in [-0.2, 0) is 9.84 Å². The van der Waals surface area contributed by atoms with Gasteiger partial charge in [-0.25, -0.2) is 18.6 Å². The van der Waals surface area contributed by atoms with E-state index in [1.807, 2.05) is 10.2 Å². The minimum Gasteiger partial charge on any atom is -0.857 e. The van der Waals surface area contributed by atoms with Crippen molar-refractivity contribution in [2.24, 2.45) is 0 Å². The number of aromatic amines is 2. The van der Waals surface area contributed by atoms with Gasteiger partial charge >= 0.3 is 48.9 Å². The van der Waals surface area contributed by atoms with E-state index in [-0.39, 0.29) is 96.6 Å². The van der Waals surface area contributed by atoms with Crippen molar-refractivity contribution >= 4 is 80.3 Å². The largest absolute Gasteiger partial charge is 2.00 e. The Morgan fingerprint density at radius 2 is 1.03 bits per heavy atom. The monoisotopic (exact) mass is 576 g/mol. The molecule has 4 aromatic rings. The van der Waals surface area contributed by atoms with Gasteiger partial charge in [-0.05, 0) is 36.4 Å². The molecule has 0 saturated heterocycles. The molecule has 0 radical (unpaired) electrons. The molecule has 13 nitrogen and oxygen atoms in total. The molecule has 8 N–H and O–H groups in total. The summed E-state index contributed by atoms with van der Waals surface area (Å²) in [6.07, 6.45) is 0. The molecule has 0 fully saturated rings. The summed E-state index contributed by atoms with van der Waals surface area (Å²) in [5.41, 5.74) is -1.25. The molecule has 2 aromatic heterocycles. The molecule has 0 saturated carbocycles. The van der Waals surface area contributed by atoms with Crippen LogP contribution < -0.4 is 21.3 Å². The minimum absolute atomic E-state index is 0. The Morgan fingerprint density at radius 3 is 1.39 bits per heavy atom. The summed E-state index contributed by atoms with van der Waals surface area (Å²) < 4.78 is 25.8. The molecule has 0 unspecified atom stereocenters. The molecule has 0 atom stereocenters. The van der Waals surface area contributed by atoms with Gasteiger partial charge in [0, 0.05) is 33.3 Å². The molecule has 0 aliphatic heterocycles. The van der Waals surface area contributed by atoms with Crippen molar-refractivity contribution in [1.29, 1.82) is 0 Å². The number of benzene rings is 2. The predicted molar refractivity (Wildman–Crippen MR) is 106 cm³/mol. The van der Waals surface area contributed by atoms with Crippen molar-refractivity contribution in [1.82, 2.24) is 20.4 Å². The number of rotatable bonds is 2. The van der Waals surface area contributed by atoms with E-state index < -0.39 is 32.7 Å². The number of nitrogens with zero attached hydrogens (tertiary/aromatic N) is 2. The molecule has 0 amide bonds. The summed E-state index contributed by atoms with van der Waals surface area (Å²) in [7, 11) is -4.14. The zero-order chi connectivity index (χ0) is 19.3. The quantitative estimate of drug-likeness (QED) is 0.224. The number of hydrogen-bond acceptors (Lipinski definition) is 8. The second-order valence-corrected chi connectivity index (χ2v) is 7.58. The Balaban J connectivity index is 0.00000225. The summed E-state index contributed by atoms with van der Waals surface area (Å²) in [5, 5.41) is 34.0. The molecular weight excluding hydrogens is 562 g/mol. The van der Waals surface area contributed by atoms with Gasteiger partial charge in [-0.3, -0.25) is 9.59 Å². The maximum atomic E-state index is 12.9. The van der Waals surface area contributed by atoms with Gasteiger partial charge in [-0.2, -0.15) is 10.2 Å². The van der Waals surface area contributed by atoms with Crippen LogP contribution >= 0.6 is 0 Å². The van der Waals surface area contributed by atoms with Crippen LogP contribution in [0.1, 0.15) is 0 Å². The van der Waals surface area contributed by atoms with Gasteiger partial charge in [0.15, 0.2) is 0 Å². The third kappa shape index (κ3) is 4.81. The van der Waals surface area contributed by atoms with Gasteiger partial charge < -0.3 is 26.6 Å². The van der Waals surface area contributed by atoms with E-state index in [2.05, 4.69) is 10.2 Å². The molecule has 31 heavy (non-hydrogen) atoms. The average Bonchev–Trinajstić information content (AvgIpc) is 2.67. The summed E-state index contributed by atoms with van der Waals surface area (Å²) in [5.74, 6) is -1.56. The molecule has 4 rings (SSSR count). The Hall–Kier alpha value is -2.28. The molecule has 160 valence electrons. The van der Waals surface area contributed by atoms with Gasteiger partial charge in [-0.1, -0.05) is 0 Å². The number of hydrogen-bond donors (Lipinski definition) is 2. The number of H-pyrrole nitrogens is 2. The summed E-state index contributed by atoms with van der Waals surface area (Å²) in [6, 6.07) is 6.85. The number of sulfone groups is 1. The normalized spacial score (nSPS) is 10.3. The van der Waals surface area contributed by atoms with Crippen molar-refractivity contribution < 1.29 is 35.1 Å². The van der Waals surface area contributed by atoms with Crippen LogP contribution in [0.4, 0.5) is 0 Å². The minimum atomic E-state index is -4.14.